The van der Waals surface area contributed by atoms with Gasteiger partial charge in [0.2, 0.25) is 11.8 Å². The van der Waals surface area contributed by atoms with Crippen LogP contribution in [-0.2, 0) is 9.59 Å². The smallest absolute Gasteiger partial charge is 0.272 e. The van der Waals surface area contributed by atoms with Crippen molar-refractivity contribution in [1.29, 1.82) is 0 Å². The zero-order valence-electron chi connectivity index (χ0n) is 23.4. The van der Waals surface area contributed by atoms with Crippen LogP contribution in [0.2, 0.25) is 0 Å². The van der Waals surface area contributed by atoms with Gasteiger partial charge in [-0.1, -0.05) is 0 Å². The fourth-order valence-corrected chi connectivity index (χ4v) is 5.59. The Bertz CT molecular complexity index is 1580. The van der Waals surface area contributed by atoms with E-state index in [0.29, 0.717) is 61.6 Å². The number of rotatable bonds is 7. The van der Waals surface area contributed by atoms with E-state index < -0.39 is 0 Å². The third-order valence-electron chi connectivity index (χ3n) is 7.96. The second kappa shape index (κ2) is 12.0. The van der Waals surface area contributed by atoms with Crippen molar-refractivity contribution in [3.8, 4) is 11.4 Å². The van der Waals surface area contributed by atoms with Gasteiger partial charge in [-0.2, -0.15) is 5.10 Å². The van der Waals surface area contributed by atoms with E-state index in [-0.39, 0.29) is 29.3 Å². The molecule has 2 aromatic carbocycles. The van der Waals surface area contributed by atoms with Crippen LogP contribution in [0.15, 0.2) is 60.9 Å². The fraction of sp³-hybridized carbons (Fsp3) is 0.333. The highest BCUT2D eigenvalue weighted by Crippen LogP contribution is 2.24. The molecule has 0 bridgehead atoms. The number of fused-ring (bicyclic) bond motifs is 1. The molecule has 2 aliphatic heterocycles. The molecule has 12 nitrogen and oxygen atoms in total. The average Bonchev–Trinajstić information content (AvgIpc) is 3.68. The van der Waals surface area contributed by atoms with Gasteiger partial charge in [0.15, 0.2) is 11.5 Å². The lowest BCUT2D eigenvalue weighted by atomic mass is 10.1. The summed E-state index contributed by atoms with van der Waals surface area (Å²) in [4.78, 5) is 53.1. The monoisotopic (exact) mass is 567 g/mol. The molecule has 0 saturated carbocycles. The van der Waals surface area contributed by atoms with Crippen molar-refractivity contribution in [2.75, 3.05) is 63.1 Å². The van der Waals surface area contributed by atoms with E-state index >= 15 is 0 Å². The van der Waals surface area contributed by atoms with Crippen LogP contribution in [0.3, 0.4) is 0 Å². The van der Waals surface area contributed by atoms with Crippen molar-refractivity contribution in [2.24, 2.45) is 5.92 Å². The predicted molar refractivity (Wildman–Crippen MR) is 159 cm³/mol. The fourth-order valence-electron chi connectivity index (χ4n) is 5.59. The first-order valence-electron chi connectivity index (χ1n) is 14.1. The van der Waals surface area contributed by atoms with Crippen LogP contribution < -0.4 is 15.5 Å². The van der Waals surface area contributed by atoms with Gasteiger partial charge in [-0.05, 0) is 61.5 Å². The Kier molecular flexibility index (Phi) is 7.78. The van der Waals surface area contributed by atoms with Crippen molar-refractivity contribution in [2.45, 2.75) is 6.42 Å². The van der Waals surface area contributed by atoms with Gasteiger partial charge in [-0.15, -0.1) is 0 Å². The Labute approximate surface area is 243 Å². The topological polar surface area (TPSA) is 139 Å². The van der Waals surface area contributed by atoms with Crippen LogP contribution in [-0.4, -0.2) is 101 Å². The Morgan fingerprint density at radius 1 is 0.976 bits per heavy atom. The van der Waals surface area contributed by atoms with Crippen molar-refractivity contribution in [3.63, 3.8) is 0 Å². The Balaban J connectivity index is 0.976. The SMILES string of the molecule is CNC(=O)c1n[nH]c2ccc(NC(=O)[C@@H]3CCN(CC(=O)N4CCN(c5ccc(-c6ncccn6)cc5)CC4)C3)cc12. The average molecular weight is 568 g/mol. The van der Waals surface area contributed by atoms with Crippen LogP contribution in [0.5, 0.6) is 0 Å². The summed E-state index contributed by atoms with van der Waals surface area (Å²) < 4.78 is 0. The number of amides is 3. The van der Waals surface area contributed by atoms with Crippen molar-refractivity contribution < 1.29 is 14.4 Å². The maximum absolute atomic E-state index is 13.1. The highest BCUT2D eigenvalue weighted by molar-refractivity contribution is 6.06. The highest BCUT2D eigenvalue weighted by Gasteiger charge is 2.31. The van der Waals surface area contributed by atoms with Crippen LogP contribution in [0.4, 0.5) is 11.4 Å². The Hall–Kier alpha value is -4.84. The Morgan fingerprint density at radius 2 is 1.74 bits per heavy atom. The number of carbonyl (C=O) groups excluding carboxylic acids is 3. The third-order valence-corrected chi connectivity index (χ3v) is 7.96. The number of aromatic amines is 1. The molecule has 0 unspecified atom stereocenters. The van der Waals surface area contributed by atoms with E-state index in [9.17, 15) is 14.4 Å². The van der Waals surface area contributed by atoms with E-state index in [1.54, 1.807) is 43.7 Å². The van der Waals surface area contributed by atoms with E-state index in [1.165, 1.54) is 0 Å². The van der Waals surface area contributed by atoms with Crippen molar-refractivity contribution >= 4 is 40.0 Å². The molecule has 6 rings (SSSR count). The van der Waals surface area contributed by atoms with Gasteiger partial charge in [0.05, 0.1) is 18.0 Å². The molecular formula is C30H33N9O3. The van der Waals surface area contributed by atoms with E-state index in [0.717, 1.165) is 24.3 Å². The van der Waals surface area contributed by atoms with E-state index in [1.807, 2.05) is 17.0 Å². The molecule has 3 N–H and O–H groups in total. The number of nitrogens with zero attached hydrogens (tertiary/aromatic N) is 6. The second-order valence-electron chi connectivity index (χ2n) is 10.6. The van der Waals surface area contributed by atoms with Crippen LogP contribution >= 0.6 is 0 Å². The number of H-pyrrole nitrogens is 1. The van der Waals surface area contributed by atoms with Crippen LogP contribution in [0.25, 0.3) is 22.3 Å². The molecule has 0 aliphatic carbocycles. The van der Waals surface area contributed by atoms with Crippen molar-refractivity contribution in [3.05, 3.63) is 66.6 Å². The van der Waals surface area contributed by atoms with Gasteiger partial charge in [-0.25, -0.2) is 9.97 Å². The van der Waals surface area contributed by atoms with Gasteiger partial charge < -0.3 is 20.4 Å². The summed E-state index contributed by atoms with van der Waals surface area (Å²) in [7, 11) is 1.55. The van der Waals surface area contributed by atoms with E-state index in [4.69, 9.17) is 0 Å². The normalized spacial score (nSPS) is 17.4. The Morgan fingerprint density at radius 3 is 2.48 bits per heavy atom. The minimum atomic E-state index is -0.296. The molecule has 216 valence electrons. The van der Waals surface area contributed by atoms with Gasteiger partial charge in [0.25, 0.3) is 5.91 Å². The molecular weight excluding hydrogens is 534 g/mol. The summed E-state index contributed by atoms with van der Waals surface area (Å²) in [5, 5.41) is 13.1. The molecule has 4 aromatic rings. The standard InChI is InChI=1S/C30H33N9O3/c1-31-30(42)27-24-17-22(5-8-25(24)35-36-27)34-29(41)21-9-12-37(18-21)19-26(40)39-15-13-38(14-16-39)23-6-3-20(4-7-23)28-32-10-2-11-33-28/h2-8,10-11,17,21H,9,12-16,18-19H2,1H3,(H,31,42)(H,34,41)(H,35,36)/t21-/m1/s1. The first kappa shape index (κ1) is 27.3. The molecule has 0 spiro atoms. The molecule has 42 heavy (non-hydrogen) atoms. The summed E-state index contributed by atoms with van der Waals surface area (Å²) in [5.41, 5.74) is 3.70. The number of likely N-dealkylation sites (tertiary alicyclic amines) is 1. The van der Waals surface area contributed by atoms with Gasteiger partial charge in [0, 0.05) is 74.5 Å². The first-order valence-corrected chi connectivity index (χ1v) is 14.1. The van der Waals surface area contributed by atoms with Gasteiger partial charge >= 0.3 is 0 Å². The van der Waals surface area contributed by atoms with E-state index in [2.05, 4.69) is 52.7 Å². The van der Waals surface area contributed by atoms with Crippen molar-refractivity contribution in [1.82, 2.24) is 35.3 Å². The van der Waals surface area contributed by atoms with Crippen LogP contribution in [0.1, 0.15) is 16.9 Å². The summed E-state index contributed by atoms with van der Waals surface area (Å²) >= 11 is 0. The quantitative estimate of drug-likeness (QED) is 0.308. The third kappa shape index (κ3) is 5.79. The number of benzene rings is 2. The summed E-state index contributed by atoms with van der Waals surface area (Å²) in [6, 6.07) is 15.3. The number of anilines is 2. The molecule has 2 saturated heterocycles. The minimum Gasteiger partial charge on any atom is -0.368 e. The lowest BCUT2D eigenvalue weighted by Crippen LogP contribution is -2.51. The second-order valence-corrected chi connectivity index (χ2v) is 10.6. The summed E-state index contributed by atoms with van der Waals surface area (Å²) in [6.45, 7) is 4.39. The molecule has 3 amide bonds. The molecule has 12 heteroatoms. The van der Waals surface area contributed by atoms with Crippen LogP contribution in [0, 0.1) is 5.92 Å². The first-order chi connectivity index (χ1) is 20.5. The number of nitrogens with one attached hydrogen (secondary N) is 3. The van der Waals surface area contributed by atoms with Gasteiger partial charge in [0.1, 0.15) is 0 Å². The number of hydrogen-bond acceptors (Lipinski definition) is 8. The molecule has 0 radical (unpaired) electrons. The molecule has 4 heterocycles. The lowest BCUT2D eigenvalue weighted by molar-refractivity contribution is -0.132. The maximum Gasteiger partial charge on any atom is 0.272 e. The molecule has 2 aliphatic rings. The maximum atomic E-state index is 13.1. The number of carbonyl (C=O) groups is 3. The lowest BCUT2D eigenvalue weighted by Gasteiger charge is -2.36. The molecule has 2 fully saturated rings. The highest BCUT2D eigenvalue weighted by atomic mass is 16.2. The number of piperazine rings is 1. The summed E-state index contributed by atoms with van der Waals surface area (Å²) in [6.07, 6.45) is 4.16. The molecule has 2 aromatic heterocycles. The van der Waals surface area contributed by atoms with Gasteiger partial charge in [-0.3, -0.25) is 24.4 Å². The zero-order valence-corrected chi connectivity index (χ0v) is 23.4. The zero-order chi connectivity index (χ0) is 29.1. The number of hydrogen-bond donors (Lipinski definition) is 3. The largest absolute Gasteiger partial charge is 0.368 e. The summed E-state index contributed by atoms with van der Waals surface area (Å²) in [5.74, 6) is 0.202. The minimum absolute atomic E-state index is 0.0900. The number of aromatic nitrogens is 4. The molecule has 1 atom stereocenters. The predicted octanol–water partition coefficient (Wildman–Crippen LogP) is 1.99.